The third-order valence-corrected chi connectivity index (χ3v) is 3.78. The summed E-state index contributed by atoms with van der Waals surface area (Å²) >= 11 is 12.0. The molecule has 0 radical (unpaired) electrons. The van der Waals surface area contributed by atoms with Crippen LogP contribution in [0, 0.1) is 0 Å². The van der Waals surface area contributed by atoms with Crippen molar-refractivity contribution >= 4 is 34.0 Å². The molecule has 0 unspecified atom stereocenters. The zero-order chi connectivity index (χ0) is 15.1. The Kier molecular flexibility index (Phi) is 6.47. The SMILES string of the molecule is CCOc1c(Cl)cc(OCCCCCCl)c2ccccc12. The van der Waals surface area contributed by atoms with Gasteiger partial charge < -0.3 is 9.47 Å². The van der Waals surface area contributed by atoms with Crippen molar-refractivity contribution in [3.63, 3.8) is 0 Å². The Hall–Kier alpha value is -1.12. The number of ether oxygens (including phenoxy) is 2. The average Bonchev–Trinajstić information content (AvgIpc) is 2.50. The van der Waals surface area contributed by atoms with Gasteiger partial charge in [0.15, 0.2) is 0 Å². The summed E-state index contributed by atoms with van der Waals surface area (Å²) in [5, 5.41) is 2.61. The quantitative estimate of drug-likeness (QED) is 0.459. The van der Waals surface area contributed by atoms with E-state index in [0.717, 1.165) is 41.5 Å². The van der Waals surface area contributed by atoms with E-state index in [1.54, 1.807) is 0 Å². The van der Waals surface area contributed by atoms with Crippen LogP contribution in [-0.2, 0) is 0 Å². The van der Waals surface area contributed by atoms with Crippen LogP contribution in [0.3, 0.4) is 0 Å². The fourth-order valence-corrected chi connectivity index (χ4v) is 2.69. The number of rotatable bonds is 8. The van der Waals surface area contributed by atoms with Gasteiger partial charge in [0.05, 0.1) is 18.2 Å². The number of unbranched alkanes of at least 4 members (excludes halogenated alkanes) is 2. The molecular weight excluding hydrogens is 307 g/mol. The normalized spacial score (nSPS) is 10.8. The second-order valence-corrected chi connectivity index (χ2v) is 5.55. The molecule has 114 valence electrons. The fraction of sp³-hybridized carbons (Fsp3) is 0.412. The van der Waals surface area contributed by atoms with Crippen molar-refractivity contribution in [1.29, 1.82) is 0 Å². The summed E-state index contributed by atoms with van der Waals surface area (Å²) < 4.78 is 11.6. The lowest BCUT2D eigenvalue weighted by Crippen LogP contribution is -2.00. The molecule has 0 aromatic heterocycles. The van der Waals surface area contributed by atoms with Crippen LogP contribution in [0.5, 0.6) is 11.5 Å². The van der Waals surface area contributed by atoms with E-state index in [9.17, 15) is 0 Å². The van der Waals surface area contributed by atoms with Crippen molar-refractivity contribution in [2.75, 3.05) is 19.1 Å². The molecule has 0 saturated carbocycles. The van der Waals surface area contributed by atoms with Gasteiger partial charge in [0.25, 0.3) is 0 Å². The van der Waals surface area contributed by atoms with Crippen LogP contribution in [0.15, 0.2) is 30.3 Å². The smallest absolute Gasteiger partial charge is 0.145 e. The molecule has 0 aliphatic heterocycles. The lowest BCUT2D eigenvalue weighted by atomic mass is 10.1. The molecular formula is C17H20Cl2O2. The number of benzene rings is 2. The highest BCUT2D eigenvalue weighted by Crippen LogP contribution is 2.39. The largest absolute Gasteiger partial charge is 0.493 e. The summed E-state index contributed by atoms with van der Waals surface area (Å²) in [5.74, 6) is 2.24. The van der Waals surface area contributed by atoms with Gasteiger partial charge in [-0.1, -0.05) is 35.9 Å². The molecule has 0 aliphatic rings. The van der Waals surface area contributed by atoms with Crippen LogP contribution >= 0.6 is 23.2 Å². The molecule has 0 bridgehead atoms. The zero-order valence-electron chi connectivity index (χ0n) is 12.2. The minimum Gasteiger partial charge on any atom is -0.493 e. The standard InChI is InChI=1S/C17H20Cl2O2/c1-2-20-17-14-9-5-4-8-13(14)16(12-15(17)19)21-11-7-3-6-10-18/h4-5,8-9,12H,2-3,6-7,10-11H2,1H3. The topological polar surface area (TPSA) is 18.5 Å². The van der Waals surface area contributed by atoms with Crippen molar-refractivity contribution in [2.45, 2.75) is 26.2 Å². The molecule has 2 rings (SSSR count). The van der Waals surface area contributed by atoms with Gasteiger partial charge in [-0.25, -0.2) is 0 Å². The first-order valence-corrected chi connectivity index (χ1v) is 8.22. The first-order chi connectivity index (χ1) is 10.3. The van der Waals surface area contributed by atoms with Crippen LogP contribution in [0.2, 0.25) is 5.02 Å². The number of fused-ring (bicyclic) bond motifs is 1. The van der Waals surface area contributed by atoms with Crippen molar-refractivity contribution in [3.05, 3.63) is 35.4 Å². The summed E-state index contributed by atoms with van der Waals surface area (Å²) in [7, 11) is 0. The Balaban J connectivity index is 2.22. The summed E-state index contributed by atoms with van der Waals surface area (Å²) in [6.45, 7) is 3.21. The summed E-state index contributed by atoms with van der Waals surface area (Å²) in [6, 6.07) is 9.85. The van der Waals surface area contributed by atoms with Gasteiger partial charge in [0.1, 0.15) is 11.5 Å². The van der Waals surface area contributed by atoms with E-state index in [1.165, 1.54) is 0 Å². The van der Waals surface area contributed by atoms with E-state index in [0.29, 0.717) is 24.1 Å². The summed E-state index contributed by atoms with van der Waals surface area (Å²) in [6.07, 6.45) is 3.09. The number of alkyl halides is 1. The predicted octanol–water partition coefficient (Wildman–Crippen LogP) is 5.68. The third-order valence-electron chi connectivity index (χ3n) is 3.24. The van der Waals surface area contributed by atoms with E-state index in [4.69, 9.17) is 32.7 Å². The third kappa shape index (κ3) is 4.18. The van der Waals surface area contributed by atoms with Crippen LogP contribution in [0.1, 0.15) is 26.2 Å². The van der Waals surface area contributed by atoms with Gasteiger partial charge >= 0.3 is 0 Å². The molecule has 4 heteroatoms. The predicted molar refractivity (Wildman–Crippen MR) is 90.2 cm³/mol. The maximum Gasteiger partial charge on any atom is 0.145 e. The number of halogens is 2. The molecule has 2 aromatic rings. The molecule has 0 spiro atoms. The number of hydrogen-bond acceptors (Lipinski definition) is 2. The van der Waals surface area contributed by atoms with E-state index in [-0.39, 0.29) is 0 Å². The lowest BCUT2D eigenvalue weighted by Gasteiger charge is -2.14. The molecule has 2 aromatic carbocycles. The molecule has 0 heterocycles. The van der Waals surface area contributed by atoms with Crippen molar-refractivity contribution < 1.29 is 9.47 Å². The number of hydrogen-bond donors (Lipinski definition) is 0. The molecule has 2 nitrogen and oxygen atoms in total. The first-order valence-electron chi connectivity index (χ1n) is 7.30. The van der Waals surface area contributed by atoms with Gasteiger partial charge in [-0.3, -0.25) is 0 Å². The Bertz CT molecular complexity index is 584. The van der Waals surface area contributed by atoms with Gasteiger partial charge in [-0.2, -0.15) is 0 Å². The van der Waals surface area contributed by atoms with E-state index < -0.39 is 0 Å². The maximum absolute atomic E-state index is 6.33. The van der Waals surface area contributed by atoms with Crippen LogP contribution in [-0.4, -0.2) is 19.1 Å². The zero-order valence-corrected chi connectivity index (χ0v) is 13.7. The van der Waals surface area contributed by atoms with Gasteiger partial charge in [0, 0.05) is 22.7 Å². The fourth-order valence-electron chi connectivity index (χ4n) is 2.25. The highest BCUT2D eigenvalue weighted by molar-refractivity contribution is 6.33. The van der Waals surface area contributed by atoms with Crippen molar-refractivity contribution in [3.8, 4) is 11.5 Å². The van der Waals surface area contributed by atoms with Gasteiger partial charge in [0.2, 0.25) is 0 Å². The van der Waals surface area contributed by atoms with Crippen LogP contribution < -0.4 is 9.47 Å². The molecule has 0 aliphatic carbocycles. The summed E-state index contributed by atoms with van der Waals surface area (Å²) in [4.78, 5) is 0. The van der Waals surface area contributed by atoms with Crippen LogP contribution in [0.25, 0.3) is 10.8 Å². The first kappa shape index (κ1) is 16.3. The highest BCUT2D eigenvalue weighted by Gasteiger charge is 2.12. The molecule has 0 atom stereocenters. The Morgan fingerprint density at radius 3 is 2.48 bits per heavy atom. The highest BCUT2D eigenvalue weighted by atomic mass is 35.5. The molecule has 0 saturated heterocycles. The van der Waals surface area contributed by atoms with Crippen molar-refractivity contribution in [1.82, 2.24) is 0 Å². The summed E-state index contributed by atoms with van der Waals surface area (Å²) in [5.41, 5.74) is 0. The Labute approximate surface area is 136 Å². The van der Waals surface area contributed by atoms with E-state index >= 15 is 0 Å². The second kappa shape index (κ2) is 8.35. The van der Waals surface area contributed by atoms with E-state index in [1.807, 2.05) is 37.3 Å². The van der Waals surface area contributed by atoms with Gasteiger partial charge in [-0.05, 0) is 26.2 Å². The molecule has 21 heavy (non-hydrogen) atoms. The van der Waals surface area contributed by atoms with Crippen molar-refractivity contribution in [2.24, 2.45) is 0 Å². The Morgan fingerprint density at radius 1 is 1.00 bits per heavy atom. The average molecular weight is 327 g/mol. The van der Waals surface area contributed by atoms with E-state index in [2.05, 4.69) is 0 Å². The lowest BCUT2D eigenvalue weighted by molar-refractivity contribution is 0.308. The minimum atomic E-state index is 0.586. The monoisotopic (exact) mass is 326 g/mol. The minimum absolute atomic E-state index is 0.586. The molecule has 0 amide bonds. The second-order valence-electron chi connectivity index (χ2n) is 4.76. The van der Waals surface area contributed by atoms with Crippen LogP contribution in [0.4, 0.5) is 0 Å². The maximum atomic E-state index is 6.33. The molecule has 0 N–H and O–H groups in total. The molecule has 0 fully saturated rings. The Morgan fingerprint density at radius 2 is 1.76 bits per heavy atom. The van der Waals surface area contributed by atoms with Gasteiger partial charge in [-0.15, -0.1) is 11.6 Å².